The lowest BCUT2D eigenvalue weighted by Gasteiger charge is -2.09. The van der Waals surface area contributed by atoms with Crippen LogP contribution in [0.5, 0.6) is 0 Å². The van der Waals surface area contributed by atoms with Crippen molar-refractivity contribution >= 4 is 22.5 Å². The zero-order valence-electron chi connectivity index (χ0n) is 11.4. The molecule has 22 heavy (non-hydrogen) atoms. The number of rotatable bonds is 2. The second kappa shape index (κ2) is 5.21. The standard InChI is InChI=1S/C15H12N4O3/c16-11-8-4-7-10-12(11)17-15(22)19(14(10)21)18-13(20)9-5-2-1-3-6-9/h1-8H,16H2,(H,17,22)(H,18,20). The lowest BCUT2D eigenvalue weighted by atomic mass is 10.2. The van der Waals surface area contributed by atoms with Gasteiger partial charge < -0.3 is 10.7 Å². The number of aromatic nitrogens is 2. The van der Waals surface area contributed by atoms with E-state index in [1.807, 2.05) is 0 Å². The van der Waals surface area contributed by atoms with Crippen LogP contribution in [0.25, 0.3) is 10.9 Å². The lowest BCUT2D eigenvalue weighted by molar-refractivity contribution is 0.101. The third-order valence-corrected chi connectivity index (χ3v) is 3.21. The largest absolute Gasteiger partial charge is 0.397 e. The van der Waals surface area contributed by atoms with E-state index in [1.165, 1.54) is 6.07 Å². The zero-order chi connectivity index (χ0) is 15.7. The van der Waals surface area contributed by atoms with E-state index in [1.54, 1.807) is 42.5 Å². The van der Waals surface area contributed by atoms with Crippen LogP contribution >= 0.6 is 0 Å². The Hall–Kier alpha value is -3.35. The molecule has 0 unspecified atom stereocenters. The fourth-order valence-corrected chi connectivity index (χ4v) is 2.12. The highest BCUT2D eigenvalue weighted by molar-refractivity contribution is 6.00. The number of aromatic amines is 1. The minimum Gasteiger partial charge on any atom is -0.397 e. The van der Waals surface area contributed by atoms with Crippen LogP contribution in [0.3, 0.4) is 0 Å². The molecule has 0 bridgehead atoms. The van der Waals surface area contributed by atoms with E-state index >= 15 is 0 Å². The summed E-state index contributed by atoms with van der Waals surface area (Å²) in [6.45, 7) is 0. The number of nitrogens with two attached hydrogens (primary N) is 1. The fraction of sp³-hybridized carbons (Fsp3) is 0. The van der Waals surface area contributed by atoms with Gasteiger partial charge in [-0.15, -0.1) is 0 Å². The maximum atomic E-state index is 12.3. The van der Waals surface area contributed by atoms with Crippen LogP contribution in [0.15, 0.2) is 58.1 Å². The Labute approximate surface area is 124 Å². The number of nitrogens with one attached hydrogen (secondary N) is 2. The summed E-state index contributed by atoms with van der Waals surface area (Å²) in [6, 6.07) is 13.0. The Balaban J connectivity index is 2.11. The van der Waals surface area contributed by atoms with E-state index in [-0.39, 0.29) is 16.6 Å². The van der Waals surface area contributed by atoms with Gasteiger partial charge in [0.25, 0.3) is 11.5 Å². The Kier molecular flexibility index (Phi) is 3.23. The van der Waals surface area contributed by atoms with Gasteiger partial charge in [0.2, 0.25) is 0 Å². The maximum Gasteiger partial charge on any atom is 0.348 e. The predicted octanol–water partition coefficient (Wildman–Crippen LogP) is 0.656. The van der Waals surface area contributed by atoms with Gasteiger partial charge >= 0.3 is 5.69 Å². The fourth-order valence-electron chi connectivity index (χ4n) is 2.12. The Morgan fingerprint density at radius 3 is 2.50 bits per heavy atom. The molecule has 0 saturated carbocycles. The number of nitrogens with zero attached hydrogens (tertiary/aromatic N) is 1. The number of hydrogen-bond acceptors (Lipinski definition) is 4. The molecule has 0 aliphatic rings. The number of benzene rings is 2. The summed E-state index contributed by atoms with van der Waals surface area (Å²) >= 11 is 0. The summed E-state index contributed by atoms with van der Waals surface area (Å²) in [7, 11) is 0. The lowest BCUT2D eigenvalue weighted by Crippen LogP contribution is -2.43. The molecule has 3 rings (SSSR count). The number of carbonyl (C=O) groups is 1. The number of fused-ring (bicyclic) bond motifs is 1. The Morgan fingerprint density at radius 2 is 1.77 bits per heavy atom. The number of hydrogen-bond donors (Lipinski definition) is 3. The third-order valence-electron chi connectivity index (χ3n) is 3.21. The summed E-state index contributed by atoms with van der Waals surface area (Å²) in [6.07, 6.45) is 0. The molecule has 0 fully saturated rings. The number of anilines is 1. The summed E-state index contributed by atoms with van der Waals surface area (Å²) in [5.41, 5.74) is 7.48. The first-order valence-electron chi connectivity index (χ1n) is 6.48. The Morgan fingerprint density at radius 1 is 1.05 bits per heavy atom. The number of amides is 1. The maximum absolute atomic E-state index is 12.3. The number of H-pyrrole nitrogens is 1. The van der Waals surface area contributed by atoms with Crippen LogP contribution in [0.1, 0.15) is 10.4 Å². The predicted molar refractivity (Wildman–Crippen MR) is 83.4 cm³/mol. The molecule has 1 amide bonds. The number of carbonyl (C=O) groups excluding carboxylic acids is 1. The summed E-state index contributed by atoms with van der Waals surface area (Å²) in [5, 5.41) is 0.216. The molecule has 1 heterocycles. The quantitative estimate of drug-likeness (QED) is 0.603. The summed E-state index contributed by atoms with van der Waals surface area (Å²) in [5.74, 6) is -0.559. The molecule has 110 valence electrons. The van der Waals surface area contributed by atoms with Crippen LogP contribution < -0.4 is 22.4 Å². The first kappa shape index (κ1) is 13.6. The summed E-state index contributed by atoms with van der Waals surface area (Å²) in [4.78, 5) is 38.9. The molecule has 3 aromatic rings. The van der Waals surface area contributed by atoms with Gasteiger partial charge in [-0.3, -0.25) is 15.0 Å². The van der Waals surface area contributed by atoms with Crippen molar-refractivity contribution in [1.29, 1.82) is 0 Å². The number of para-hydroxylation sites is 1. The molecule has 0 spiro atoms. The van der Waals surface area contributed by atoms with Crippen LogP contribution in [0.4, 0.5) is 5.69 Å². The molecule has 0 radical (unpaired) electrons. The highest BCUT2D eigenvalue weighted by Gasteiger charge is 2.12. The van der Waals surface area contributed by atoms with Gasteiger partial charge in [-0.2, -0.15) is 4.68 Å². The summed E-state index contributed by atoms with van der Waals surface area (Å²) < 4.78 is 0.636. The van der Waals surface area contributed by atoms with Crippen molar-refractivity contribution in [1.82, 2.24) is 9.66 Å². The molecular weight excluding hydrogens is 284 g/mol. The molecule has 7 nitrogen and oxygen atoms in total. The molecule has 2 aromatic carbocycles. The molecule has 0 saturated heterocycles. The minimum atomic E-state index is -0.764. The smallest absolute Gasteiger partial charge is 0.348 e. The zero-order valence-corrected chi connectivity index (χ0v) is 11.4. The van der Waals surface area contributed by atoms with Crippen LogP contribution in [-0.4, -0.2) is 15.6 Å². The van der Waals surface area contributed by atoms with Crippen LogP contribution in [0.2, 0.25) is 0 Å². The van der Waals surface area contributed by atoms with Gasteiger partial charge in [-0.05, 0) is 24.3 Å². The van der Waals surface area contributed by atoms with Gasteiger partial charge in [-0.25, -0.2) is 4.79 Å². The second-order valence-electron chi connectivity index (χ2n) is 4.65. The van der Waals surface area contributed by atoms with Crippen molar-refractivity contribution in [2.24, 2.45) is 0 Å². The molecule has 0 aliphatic heterocycles. The topological polar surface area (TPSA) is 110 Å². The van der Waals surface area contributed by atoms with Crippen molar-refractivity contribution in [3.63, 3.8) is 0 Å². The molecule has 0 atom stereocenters. The first-order valence-corrected chi connectivity index (χ1v) is 6.48. The van der Waals surface area contributed by atoms with Gasteiger partial charge in [0, 0.05) is 5.56 Å². The second-order valence-corrected chi connectivity index (χ2v) is 4.65. The highest BCUT2D eigenvalue weighted by Crippen LogP contribution is 2.12. The van der Waals surface area contributed by atoms with Gasteiger partial charge in [-0.1, -0.05) is 24.3 Å². The molecular formula is C15H12N4O3. The average Bonchev–Trinajstić information content (AvgIpc) is 2.53. The number of nitrogen functional groups attached to an aromatic ring is 1. The van der Waals surface area contributed by atoms with Crippen molar-refractivity contribution in [2.45, 2.75) is 0 Å². The molecule has 7 heteroatoms. The van der Waals surface area contributed by atoms with Gasteiger partial charge in [0.15, 0.2) is 0 Å². The van der Waals surface area contributed by atoms with E-state index in [0.717, 1.165) is 0 Å². The van der Waals surface area contributed by atoms with E-state index in [2.05, 4.69) is 10.4 Å². The molecule has 1 aromatic heterocycles. The average molecular weight is 296 g/mol. The molecule has 4 N–H and O–H groups in total. The van der Waals surface area contributed by atoms with Crippen LogP contribution in [0, 0.1) is 0 Å². The molecule has 0 aliphatic carbocycles. The SMILES string of the molecule is Nc1cccc2c(=O)n(NC(=O)c3ccccc3)c(=O)[nH]c12. The van der Waals surface area contributed by atoms with Gasteiger partial charge in [0.05, 0.1) is 16.6 Å². The van der Waals surface area contributed by atoms with Gasteiger partial charge in [0.1, 0.15) is 0 Å². The van der Waals surface area contributed by atoms with Crippen LogP contribution in [-0.2, 0) is 0 Å². The first-order chi connectivity index (χ1) is 10.6. The van der Waals surface area contributed by atoms with E-state index in [9.17, 15) is 14.4 Å². The Bertz CT molecular complexity index is 973. The van der Waals surface area contributed by atoms with Crippen molar-refractivity contribution in [3.05, 3.63) is 74.9 Å². The highest BCUT2D eigenvalue weighted by atomic mass is 16.2. The monoisotopic (exact) mass is 296 g/mol. The normalized spacial score (nSPS) is 10.5. The third kappa shape index (κ3) is 2.24. The van der Waals surface area contributed by atoms with E-state index in [0.29, 0.717) is 10.2 Å². The van der Waals surface area contributed by atoms with E-state index in [4.69, 9.17) is 5.73 Å². The van der Waals surface area contributed by atoms with Crippen molar-refractivity contribution < 1.29 is 4.79 Å². The minimum absolute atomic E-state index is 0.216. The van der Waals surface area contributed by atoms with E-state index < -0.39 is 17.2 Å². The van der Waals surface area contributed by atoms with Crippen molar-refractivity contribution in [2.75, 3.05) is 11.2 Å². The van der Waals surface area contributed by atoms with Crippen molar-refractivity contribution in [3.8, 4) is 0 Å².